The summed E-state index contributed by atoms with van der Waals surface area (Å²) in [5.74, 6) is -5.64. The third-order valence-corrected chi connectivity index (χ3v) is 5.29. The Morgan fingerprint density at radius 1 is 0.561 bits per heavy atom. The van der Waals surface area contributed by atoms with E-state index in [4.69, 9.17) is 21.7 Å². The second-order valence-corrected chi connectivity index (χ2v) is 9.03. The molecule has 0 aliphatic heterocycles. The van der Waals surface area contributed by atoms with E-state index in [1.54, 1.807) is 0 Å². The molecule has 0 aromatic carbocycles. The zero-order valence-corrected chi connectivity index (χ0v) is 31.8. The summed E-state index contributed by atoms with van der Waals surface area (Å²) in [7, 11) is 0. The van der Waals surface area contributed by atoms with Gasteiger partial charge in [0.2, 0.25) is 0 Å². The Morgan fingerprint density at radius 2 is 0.829 bits per heavy atom. The first-order valence-electron chi connectivity index (χ1n) is 13.4. The van der Waals surface area contributed by atoms with Crippen molar-refractivity contribution in [3.8, 4) is 0 Å². The molecule has 0 saturated heterocycles. The molecule has 0 aromatic rings. The number of carbonyl (C=O) groups excluding carboxylic acids is 4. The molecule has 0 amide bonds. The van der Waals surface area contributed by atoms with Crippen molar-refractivity contribution < 1.29 is 141 Å². The summed E-state index contributed by atoms with van der Waals surface area (Å²) >= 11 is 0. The van der Waals surface area contributed by atoms with Crippen LogP contribution in [0.15, 0.2) is 0 Å². The van der Waals surface area contributed by atoms with Crippen molar-refractivity contribution >= 4 is 35.8 Å². The van der Waals surface area contributed by atoms with Crippen LogP contribution in [0.1, 0.15) is 121 Å². The zero-order chi connectivity index (χ0) is 29.3. The third kappa shape index (κ3) is 36.2. The summed E-state index contributed by atoms with van der Waals surface area (Å²) in [6, 6.07) is -2.57. The molecule has 0 aliphatic rings. The Kier molecular flexibility index (Phi) is 42.9. The van der Waals surface area contributed by atoms with Crippen molar-refractivity contribution in [2.45, 2.75) is 129 Å². The molecule has 0 rings (SSSR count). The van der Waals surface area contributed by atoms with Gasteiger partial charge in [0.25, 0.3) is 0 Å². The SMILES string of the molecule is CCCCCC(=O)OC(=O)[C@@H](N)CC(=O)O.CCCCCCCCCCCC(=O)OC(=O)[C@@H](N)CC(=O)O.[H-].[H-].[H-].[Na+].[Na+].[Na+]. The number of rotatable bonds is 20. The van der Waals surface area contributed by atoms with Gasteiger partial charge in [-0.1, -0.05) is 78.1 Å². The molecule has 0 radical (unpaired) electrons. The van der Waals surface area contributed by atoms with Gasteiger partial charge >= 0.3 is 124 Å². The molecule has 41 heavy (non-hydrogen) atoms. The molecular weight excluding hydrogens is 569 g/mol. The van der Waals surface area contributed by atoms with Crippen LogP contribution in [-0.4, -0.2) is 58.1 Å². The van der Waals surface area contributed by atoms with Crippen LogP contribution in [0.25, 0.3) is 0 Å². The van der Waals surface area contributed by atoms with E-state index in [1.165, 1.54) is 38.5 Å². The number of nitrogens with two attached hydrogens (primary N) is 2. The van der Waals surface area contributed by atoms with Crippen LogP contribution in [0.2, 0.25) is 0 Å². The van der Waals surface area contributed by atoms with Crippen LogP contribution in [0.5, 0.6) is 0 Å². The maximum atomic E-state index is 11.4. The zero-order valence-electron chi connectivity index (χ0n) is 28.8. The van der Waals surface area contributed by atoms with Crippen molar-refractivity contribution in [1.29, 1.82) is 0 Å². The molecule has 0 aliphatic carbocycles. The van der Waals surface area contributed by atoms with Gasteiger partial charge in [0.05, 0.1) is 12.8 Å². The normalized spacial score (nSPS) is 11.0. The van der Waals surface area contributed by atoms with Gasteiger partial charge in [0.15, 0.2) is 0 Å². The van der Waals surface area contributed by atoms with Gasteiger partial charge in [-0.2, -0.15) is 0 Å². The third-order valence-electron chi connectivity index (χ3n) is 5.29. The van der Waals surface area contributed by atoms with Gasteiger partial charge in [-0.15, -0.1) is 0 Å². The Morgan fingerprint density at radius 3 is 1.15 bits per heavy atom. The van der Waals surface area contributed by atoms with Crippen molar-refractivity contribution in [3.05, 3.63) is 0 Å². The first kappa shape index (κ1) is 50.8. The van der Waals surface area contributed by atoms with Crippen molar-refractivity contribution in [3.63, 3.8) is 0 Å². The maximum absolute atomic E-state index is 11.4. The molecule has 2 atom stereocenters. The van der Waals surface area contributed by atoms with E-state index in [-0.39, 0.29) is 106 Å². The van der Waals surface area contributed by atoms with E-state index in [0.29, 0.717) is 12.8 Å². The predicted octanol–water partition coefficient (Wildman–Crippen LogP) is -5.43. The fourth-order valence-corrected chi connectivity index (χ4v) is 3.12. The second-order valence-electron chi connectivity index (χ2n) is 9.03. The number of carboxylic acid groups (broad SMARTS) is 2. The van der Waals surface area contributed by atoms with Crippen molar-refractivity contribution in [2.24, 2.45) is 11.5 Å². The molecule has 0 unspecified atom stereocenters. The average molecular weight is 619 g/mol. The van der Waals surface area contributed by atoms with Crippen LogP contribution in [-0.2, 0) is 38.2 Å². The van der Waals surface area contributed by atoms with Crippen molar-refractivity contribution in [2.75, 3.05) is 0 Å². The molecule has 12 nitrogen and oxygen atoms in total. The molecule has 15 heteroatoms. The van der Waals surface area contributed by atoms with E-state index in [9.17, 15) is 28.8 Å². The first-order valence-corrected chi connectivity index (χ1v) is 13.4. The molecule has 0 spiro atoms. The van der Waals surface area contributed by atoms with E-state index < -0.39 is 60.7 Å². The summed E-state index contributed by atoms with van der Waals surface area (Å²) in [4.78, 5) is 65.5. The Labute approximate surface area is 314 Å². The van der Waals surface area contributed by atoms with E-state index in [1.807, 2.05) is 6.92 Å². The molecule has 0 saturated carbocycles. The van der Waals surface area contributed by atoms with Gasteiger partial charge in [-0.3, -0.25) is 19.2 Å². The Bertz CT molecular complexity index is 758. The minimum Gasteiger partial charge on any atom is -1.00 e. The fraction of sp³-hybridized carbons (Fsp3) is 0.769. The van der Waals surface area contributed by atoms with E-state index >= 15 is 0 Å². The minimum atomic E-state index is -1.29. The van der Waals surface area contributed by atoms with Crippen LogP contribution >= 0.6 is 0 Å². The number of carboxylic acids is 2. The number of esters is 4. The number of hydrogen-bond acceptors (Lipinski definition) is 10. The molecule has 6 N–H and O–H groups in total. The van der Waals surface area contributed by atoms with Gasteiger partial charge in [0, 0.05) is 12.8 Å². The quantitative estimate of drug-likeness (QED) is 0.0436. The maximum Gasteiger partial charge on any atom is 1.00 e. The topological polar surface area (TPSA) is 213 Å². The fourth-order valence-electron chi connectivity index (χ4n) is 3.12. The molecule has 0 bridgehead atoms. The smallest absolute Gasteiger partial charge is 1.00 e. The predicted molar refractivity (Wildman–Crippen MR) is 142 cm³/mol. The van der Waals surface area contributed by atoms with Gasteiger partial charge in [0.1, 0.15) is 12.1 Å². The van der Waals surface area contributed by atoms with E-state index in [2.05, 4.69) is 16.4 Å². The number of unbranched alkanes of at least 4 members (excludes halogenated alkanes) is 10. The van der Waals surface area contributed by atoms with E-state index in [0.717, 1.165) is 25.7 Å². The van der Waals surface area contributed by atoms with Gasteiger partial charge < -0.3 is 35.4 Å². The molecule has 0 fully saturated rings. The summed E-state index contributed by atoms with van der Waals surface area (Å²) < 4.78 is 8.91. The van der Waals surface area contributed by atoms with Crippen LogP contribution in [0.3, 0.4) is 0 Å². The summed E-state index contributed by atoms with van der Waals surface area (Å²) in [6.07, 6.45) is 11.9. The summed E-state index contributed by atoms with van der Waals surface area (Å²) in [6.45, 7) is 4.18. The van der Waals surface area contributed by atoms with Crippen LogP contribution in [0, 0.1) is 0 Å². The van der Waals surface area contributed by atoms with Crippen LogP contribution in [0.4, 0.5) is 0 Å². The summed E-state index contributed by atoms with van der Waals surface area (Å²) in [5, 5.41) is 16.9. The number of hydrogen-bond donors (Lipinski definition) is 4. The first-order chi connectivity index (χ1) is 17.9. The molecule has 0 aromatic heterocycles. The molecular formula is C26H49N2Na3O10. The second kappa shape index (κ2) is 34.6. The average Bonchev–Trinajstić information content (AvgIpc) is 2.82. The summed E-state index contributed by atoms with van der Waals surface area (Å²) in [5.41, 5.74) is 10.5. The minimum absolute atomic E-state index is 0. The Hall–Kier alpha value is 0.140. The Balaban J connectivity index is -0.0000000894. The monoisotopic (exact) mass is 618 g/mol. The molecule has 0 heterocycles. The van der Waals surface area contributed by atoms with Gasteiger partial charge in [-0.05, 0) is 12.8 Å². The van der Waals surface area contributed by atoms with Crippen molar-refractivity contribution in [1.82, 2.24) is 0 Å². The molecule has 226 valence electrons. The standard InChI is InChI=1S/C16H29NO5.C10H17NO5.3Na.3H/c1-2-3-4-5-6-7-8-9-10-11-15(20)22-16(21)13(17)12-14(18)19;1-2-3-4-5-9(14)16-10(15)7(11)6-8(12)13;;;;;;/h13H,2-12,17H2,1H3,(H,18,19);7H,2-6,11H2,1H3,(H,12,13);;;;;;/q;;3*+1;3*-1/t13-;7-;;;;;;/m00....../s1. The number of ether oxygens (including phenoxy) is 2. The largest absolute Gasteiger partial charge is 1.00 e. The number of aliphatic carboxylic acids is 2. The number of carbonyl (C=O) groups is 6. The van der Waals surface area contributed by atoms with Gasteiger partial charge in [-0.25, -0.2) is 9.59 Å². The van der Waals surface area contributed by atoms with Crippen LogP contribution < -0.4 is 100 Å².